The highest BCUT2D eigenvalue weighted by atomic mass is 16.2. The number of benzene rings is 1. The summed E-state index contributed by atoms with van der Waals surface area (Å²) >= 11 is 0. The molecule has 1 unspecified atom stereocenters. The third-order valence-electron chi connectivity index (χ3n) is 4.60. The highest BCUT2D eigenvalue weighted by Crippen LogP contribution is 2.22. The summed E-state index contributed by atoms with van der Waals surface area (Å²) in [7, 11) is 0. The second-order valence-electron chi connectivity index (χ2n) is 7.23. The van der Waals surface area contributed by atoms with Gasteiger partial charge in [-0.2, -0.15) is 10.2 Å². The number of carbonyl (C=O) groups is 1. The summed E-state index contributed by atoms with van der Waals surface area (Å²) in [6, 6.07) is 7.21. The van der Waals surface area contributed by atoms with E-state index in [1.807, 2.05) is 58.9 Å². The van der Waals surface area contributed by atoms with Gasteiger partial charge < -0.3 is 5.32 Å². The molecule has 3 aromatic rings. The van der Waals surface area contributed by atoms with E-state index < -0.39 is 6.04 Å². The molecule has 0 fully saturated rings. The van der Waals surface area contributed by atoms with Gasteiger partial charge in [-0.15, -0.1) is 0 Å². The molecule has 0 aliphatic carbocycles. The molecule has 1 N–H and O–H groups in total. The average Bonchev–Trinajstić information content (AvgIpc) is 2.96. The van der Waals surface area contributed by atoms with Crippen LogP contribution < -0.4 is 10.9 Å². The molecule has 1 aromatic carbocycles. The molecule has 7 heteroatoms. The zero-order chi connectivity index (χ0) is 19.9. The largest absolute Gasteiger partial charge is 0.352 e. The van der Waals surface area contributed by atoms with Crippen molar-refractivity contribution < 1.29 is 4.79 Å². The zero-order valence-electron chi connectivity index (χ0n) is 16.6. The van der Waals surface area contributed by atoms with Crippen molar-refractivity contribution in [2.45, 2.75) is 53.6 Å². The van der Waals surface area contributed by atoms with E-state index in [4.69, 9.17) is 0 Å². The lowest BCUT2D eigenvalue weighted by molar-refractivity contribution is -0.124. The van der Waals surface area contributed by atoms with Gasteiger partial charge >= 0.3 is 0 Å². The summed E-state index contributed by atoms with van der Waals surface area (Å²) in [4.78, 5) is 25.4. The van der Waals surface area contributed by atoms with Crippen LogP contribution in [-0.4, -0.2) is 31.5 Å². The normalized spacial score (nSPS) is 12.6. The monoisotopic (exact) mass is 367 g/mol. The maximum absolute atomic E-state index is 13.0. The van der Waals surface area contributed by atoms with E-state index in [0.29, 0.717) is 11.2 Å². The molecule has 0 spiro atoms. The van der Waals surface area contributed by atoms with E-state index in [9.17, 15) is 9.59 Å². The highest BCUT2D eigenvalue weighted by Gasteiger charge is 2.23. The van der Waals surface area contributed by atoms with Gasteiger partial charge in [0.05, 0.1) is 22.5 Å². The minimum absolute atomic E-state index is 0.0107. The van der Waals surface area contributed by atoms with Crippen LogP contribution >= 0.6 is 0 Å². The van der Waals surface area contributed by atoms with Crippen LogP contribution in [0, 0.1) is 20.8 Å². The molecule has 3 rings (SSSR count). The van der Waals surface area contributed by atoms with Gasteiger partial charge in [0, 0.05) is 6.04 Å². The van der Waals surface area contributed by atoms with Crippen molar-refractivity contribution >= 4 is 16.8 Å². The minimum atomic E-state index is -0.715. The van der Waals surface area contributed by atoms with Crippen LogP contribution in [0.4, 0.5) is 0 Å². The third kappa shape index (κ3) is 3.37. The quantitative estimate of drug-likeness (QED) is 0.768. The van der Waals surface area contributed by atoms with Crippen LogP contribution in [0.3, 0.4) is 0 Å². The number of rotatable bonds is 4. The standard InChI is InChI=1S/C20H25N5O2/c1-11(2)21-19(26)15(6)25-20(27)18-17(13(4)22-25)14(5)24(23-18)16-9-7-12(3)8-10-16/h7-11,15H,1-6H3,(H,21,26). The molecule has 27 heavy (non-hydrogen) atoms. The Hall–Kier alpha value is -2.96. The average molecular weight is 367 g/mol. The van der Waals surface area contributed by atoms with Gasteiger partial charge in [0.15, 0.2) is 5.52 Å². The van der Waals surface area contributed by atoms with Crippen molar-refractivity contribution in [1.29, 1.82) is 0 Å². The second kappa shape index (κ2) is 6.98. The maximum atomic E-state index is 13.0. The molecule has 0 radical (unpaired) electrons. The van der Waals surface area contributed by atoms with Crippen molar-refractivity contribution in [3.8, 4) is 5.69 Å². The number of amides is 1. The third-order valence-corrected chi connectivity index (χ3v) is 4.60. The molecule has 0 bridgehead atoms. The van der Waals surface area contributed by atoms with Gasteiger partial charge in [0.1, 0.15) is 6.04 Å². The van der Waals surface area contributed by atoms with Crippen molar-refractivity contribution in [2.75, 3.05) is 0 Å². The first-order valence-electron chi connectivity index (χ1n) is 9.07. The van der Waals surface area contributed by atoms with Crippen molar-refractivity contribution in [3.05, 3.63) is 51.6 Å². The molecule has 2 heterocycles. The first kappa shape index (κ1) is 18.8. The van der Waals surface area contributed by atoms with Crippen LogP contribution in [0.2, 0.25) is 0 Å². The Balaban J connectivity index is 2.16. The van der Waals surface area contributed by atoms with Gasteiger partial charge in [0.25, 0.3) is 5.56 Å². The van der Waals surface area contributed by atoms with E-state index in [0.717, 1.165) is 22.3 Å². The van der Waals surface area contributed by atoms with Crippen molar-refractivity contribution in [1.82, 2.24) is 24.9 Å². The molecular weight excluding hydrogens is 342 g/mol. The minimum Gasteiger partial charge on any atom is -0.352 e. The van der Waals surface area contributed by atoms with Gasteiger partial charge in [-0.05, 0) is 53.7 Å². The first-order valence-corrected chi connectivity index (χ1v) is 9.07. The molecule has 1 atom stereocenters. The van der Waals surface area contributed by atoms with Crippen LogP contribution in [0.1, 0.15) is 43.8 Å². The number of aromatic nitrogens is 4. The Bertz CT molecular complexity index is 1060. The lowest BCUT2D eigenvalue weighted by atomic mass is 10.2. The summed E-state index contributed by atoms with van der Waals surface area (Å²) in [5, 5.41) is 12.5. The van der Waals surface area contributed by atoms with E-state index in [2.05, 4.69) is 15.5 Å². The Morgan fingerprint density at radius 2 is 1.67 bits per heavy atom. The molecule has 0 aliphatic heterocycles. The van der Waals surface area contributed by atoms with Crippen LogP contribution in [-0.2, 0) is 4.79 Å². The summed E-state index contributed by atoms with van der Waals surface area (Å²) in [5.41, 5.74) is 3.51. The van der Waals surface area contributed by atoms with Crippen LogP contribution in [0.5, 0.6) is 0 Å². The highest BCUT2D eigenvalue weighted by molar-refractivity contribution is 5.84. The Kier molecular flexibility index (Phi) is 4.87. The molecule has 0 aliphatic rings. The van der Waals surface area contributed by atoms with E-state index in [-0.39, 0.29) is 17.5 Å². The van der Waals surface area contributed by atoms with E-state index in [1.165, 1.54) is 4.68 Å². The maximum Gasteiger partial charge on any atom is 0.295 e. The number of aryl methyl sites for hydroxylation is 3. The first-order chi connectivity index (χ1) is 12.7. The van der Waals surface area contributed by atoms with Crippen LogP contribution in [0.25, 0.3) is 16.6 Å². The van der Waals surface area contributed by atoms with Gasteiger partial charge in [0.2, 0.25) is 5.91 Å². The number of nitrogens with one attached hydrogen (secondary N) is 1. The van der Waals surface area contributed by atoms with Crippen LogP contribution in [0.15, 0.2) is 29.1 Å². The number of hydrogen-bond acceptors (Lipinski definition) is 4. The molecule has 7 nitrogen and oxygen atoms in total. The number of fused-ring (bicyclic) bond motifs is 1. The van der Waals surface area contributed by atoms with Gasteiger partial charge in [-0.25, -0.2) is 9.36 Å². The predicted molar refractivity (Wildman–Crippen MR) is 105 cm³/mol. The number of hydrogen-bond donors (Lipinski definition) is 1. The van der Waals surface area contributed by atoms with Crippen molar-refractivity contribution in [2.24, 2.45) is 0 Å². The predicted octanol–water partition coefficient (Wildman–Crippen LogP) is 2.59. The van der Waals surface area contributed by atoms with E-state index in [1.54, 1.807) is 11.6 Å². The van der Waals surface area contributed by atoms with Gasteiger partial charge in [-0.3, -0.25) is 9.59 Å². The second-order valence-corrected chi connectivity index (χ2v) is 7.23. The summed E-state index contributed by atoms with van der Waals surface area (Å²) < 4.78 is 2.98. The fourth-order valence-corrected chi connectivity index (χ4v) is 3.17. The number of nitrogens with zero attached hydrogens (tertiary/aromatic N) is 4. The van der Waals surface area contributed by atoms with E-state index >= 15 is 0 Å². The molecule has 2 aromatic heterocycles. The molecule has 1 amide bonds. The fourth-order valence-electron chi connectivity index (χ4n) is 3.17. The molecule has 0 saturated heterocycles. The fraction of sp³-hybridized carbons (Fsp3) is 0.400. The topological polar surface area (TPSA) is 81.8 Å². The summed E-state index contributed by atoms with van der Waals surface area (Å²) in [5.74, 6) is -0.243. The summed E-state index contributed by atoms with van der Waals surface area (Å²) in [6.45, 7) is 11.2. The molecule has 0 saturated carbocycles. The molecule has 142 valence electrons. The summed E-state index contributed by atoms with van der Waals surface area (Å²) in [6.07, 6.45) is 0. The zero-order valence-corrected chi connectivity index (χ0v) is 16.6. The van der Waals surface area contributed by atoms with Crippen molar-refractivity contribution in [3.63, 3.8) is 0 Å². The Morgan fingerprint density at radius 3 is 2.26 bits per heavy atom. The Labute approximate surface area is 158 Å². The lowest BCUT2D eigenvalue weighted by Gasteiger charge is -2.16. The lowest BCUT2D eigenvalue weighted by Crippen LogP contribution is -2.40. The SMILES string of the molecule is Cc1ccc(-n2nc3c(=O)n(C(C)C(=O)NC(C)C)nc(C)c3c2C)cc1. The molecular formula is C20H25N5O2. The smallest absolute Gasteiger partial charge is 0.295 e. The number of carbonyl (C=O) groups excluding carboxylic acids is 1. The Morgan fingerprint density at radius 1 is 1.04 bits per heavy atom. The van der Waals surface area contributed by atoms with Gasteiger partial charge in [-0.1, -0.05) is 17.7 Å².